The molecule has 33 rings (SSSR count). The van der Waals surface area contributed by atoms with Crippen molar-refractivity contribution in [2.24, 2.45) is 5.41 Å². The number of rotatable bonds is 5. The first kappa shape index (κ1) is 30.9. The minimum atomic E-state index is -1.82. The molecule has 0 amide bonds. The van der Waals surface area contributed by atoms with E-state index >= 15 is 9.59 Å². The standard InChI is InChI=1S/C73H16O4/c1-71(69(74)76-2,70(75)77-3)73-64-56-47-40-27-20-14-13-15-11-12-16(14)25(27)31-29-18(12)21-17(11)28-30-24(15)26-19(13)22-23(20)34-41-33(22)42-39(26)46-44(30)48-35(28)37-32(21)38-36(29)49(45(31)47)60(64)62-51(38)50(37)61-59(48)63-55(46)52(42)57-54(41)58(53(56)43(34)40)67(73)65(57)72(63,66(61)68(62)73)9-10-7-5-4-6-8-10/h4-8H,9H2,1-3H3. The molecule has 0 heterocycles. The summed E-state index contributed by atoms with van der Waals surface area (Å²) in [7, 11) is 3.03. The summed E-state index contributed by atoms with van der Waals surface area (Å²) in [6, 6.07) is 11.5. The Balaban J connectivity index is 1.15. The number of ether oxygens (including phenoxy) is 2. The average molecular weight is 957 g/mol. The van der Waals surface area contributed by atoms with E-state index in [1.165, 1.54) is 269 Å². The third-order valence-corrected chi connectivity index (χ3v) is 26.7. The van der Waals surface area contributed by atoms with E-state index in [0.29, 0.717) is 0 Å². The number of hydrogen-bond donors (Lipinski definition) is 0. The van der Waals surface area contributed by atoms with Crippen LogP contribution >= 0.6 is 0 Å². The van der Waals surface area contributed by atoms with Crippen LogP contribution in [0.25, 0.3) is 280 Å². The Morgan fingerprint density at radius 1 is 0.299 bits per heavy atom. The molecule has 5 aliphatic carbocycles. The summed E-state index contributed by atoms with van der Waals surface area (Å²) in [5, 5.41) is 77.1. The normalized spacial score (nSPS) is 20.9. The lowest BCUT2D eigenvalue weighted by Crippen LogP contribution is -2.59. The average Bonchev–Trinajstić information content (AvgIpc) is 1.86. The number of esters is 2. The molecule has 0 spiro atoms. The Hall–Kier alpha value is -9.38. The van der Waals surface area contributed by atoms with Crippen molar-refractivity contribution in [1.29, 1.82) is 0 Å². The van der Waals surface area contributed by atoms with Crippen molar-refractivity contribution in [1.82, 2.24) is 0 Å². The van der Waals surface area contributed by atoms with E-state index in [-0.39, 0.29) is 0 Å². The largest absolute Gasteiger partial charge is 0.468 e. The van der Waals surface area contributed by atoms with Gasteiger partial charge in [-0.05, 0) is 332 Å². The second kappa shape index (κ2) is 7.20. The molecule has 4 heteroatoms. The van der Waals surface area contributed by atoms with Crippen LogP contribution in [0.5, 0.6) is 0 Å². The van der Waals surface area contributed by atoms with Crippen LogP contribution in [0, 0.1) is 5.41 Å². The molecule has 28 aromatic carbocycles. The maximum absolute atomic E-state index is 16.3. The summed E-state index contributed by atoms with van der Waals surface area (Å²) in [6.45, 7) is 1.97. The van der Waals surface area contributed by atoms with E-state index in [1.54, 1.807) is 64.6 Å². The van der Waals surface area contributed by atoms with Gasteiger partial charge in [-0.3, -0.25) is 9.59 Å². The lowest BCUT2D eigenvalue weighted by atomic mass is 9.46. The molecular weight excluding hydrogens is 941 g/mol. The van der Waals surface area contributed by atoms with Crippen LogP contribution in [0.4, 0.5) is 0 Å². The maximum Gasteiger partial charge on any atom is 0.324 e. The van der Waals surface area contributed by atoms with Crippen LogP contribution in [0.2, 0.25) is 0 Å². The molecule has 5 aliphatic rings. The molecule has 28 aromatic rings. The second-order valence-corrected chi connectivity index (χ2v) is 27.2. The van der Waals surface area contributed by atoms with E-state index < -0.39 is 28.2 Å². The molecule has 0 fully saturated rings. The van der Waals surface area contributed by atoms with Crippen LogP contribution in [0.1, 0.15) is 45.9 Å². The Labute approximate surface area is 421 Å². The van der Waals surface area contributed by atoms with Gasteiger partial charge >= 0.3 is 11.9 Å². The molecular formula is C73H16O4. The van der Waals surface area contributed by atoms with Gasteiger partial charge in [0.2, 0.25) is 0 Å². The van der Waals surface area contributed by atoms with E-state index in [4.69, 9.17) is 9.47 Å². The monoisotopic (exact) mass is 956 g/mol. The Kier molecular flexibility index (Phi) is 2.88. The highest BCUT2D eigenvalue weighted by Gasteiger charge is 2.74. The third kappa shape index (κ3) is 1.73. The molecule has 0 radical (unpaired) electrons. The predicted octanol–water partition coefficient (Wildman–Crippen LogP) is 17.6. The zero-order valence-corrected chi connectivity index (χ0v) is 40.2. The highest BCUT2D eigenvalue weighted by molar-refractivity contribution is 6.81. The predicted molar refractivity (Wildman–Crippen MR) is 314 cm³/mol. The molecule has 0 N–H and O–H groups in total. The molecule has 4 nitrogen and oxygen atoms in total. The van der Waals surface area contributed by atoms with Crippen molar-refractivity contribution < 1.29 is 19.1 Å². The minimum Gasteiger partial charge on any atom is -0.468 e. The first-order chi connectivity index (χ1) is 38.0. The van der Waals surface area contributed by atoms with Crippen molar-refractivity contribution >= 4 is 292 Å². The van der Waals surface area contributed by atoms with Crippen molar-refractivity contribution in [3.05, 3.63) is 69.3 Å². The van der Waals surface area contributed by atoms with Gasteiger partial charge in [0.05, 0.1) is 25.0 Å². The van der Waals surface area contributed by atoms with Gasteiger partial charge in [0.25, 0.3) is 0 Å². The SMILES string of the molecule is COC(=O)C(C)(C(=O)OC)C12c3c4c5c6c7c8c9c%10c(c1c1c%11c2c2c%12c3c5c3c5c6c6c7c7c9c9c%13c%10c1c1c%10c%11c%11c2c2c%12c3c3c5c5c6c6c7c9c7c(c%131)c1c%10c%11c9c2c3c2c9c1c7c6c52)C48Cc1ccccc1. The highest BCUT2D eigenvalue weighted by atomic mass is 16.5. The minimum absolute atomic E-state index is 0.513. The second-order valence-electron chi connectivity index (χ2n) is 27.2. The number of carbonyl (C=O) groups excluding carboxylic acids is 2. The zero-order valence-electron chi connectivity index (χ0n) is 40.2. The summed E-state index contributed by atoms with van der Waals surface area (Å²) in [4.78, 5) is 32.5. The van der Waals surface area contributed by atoms with E-state index in [2.05, 4.69) is 30.3 Å². The van der Waals surface area contributed by atoms with Crippen LogP contribution < -0.4 is 0 Å². The van der Waals surface area contributed by atoms with Crippen molar-refractivity contribution in [3.63, 3.8) is 0 Å². The van der Waals surface area contributed by atoms with Crippen molar-refractivity contribution in [2.45, 2.75) is 24.2 Å². The number of benzene rings is 18. The Bertz CT molecular complexity index is 7740. The van der Waals surface area contributed by atoms with Gasteiger partial charge in [0.15, 0.2) is 5.41 Å². The Morgan fingerprint density at radius 2 is 0.506 bits per heavy atom. The van der Waals surface area contributed by atoms with Crippen LogP contribution in [0.15, 0.2) is 30.3 Å². The summed E-state index contributed by atoms with van der Waals surface area (Å²) in [6.07, 6.45) is 0.787. The molecule has 0 bridgehead atoms. The van der Waals surface area contributed by atoms with Gasteiger partial charge in [0.1, 0.15) is 0 Å². The fraction of sp³-hybridized carbons (Fsp3) is 0.0959. The van der Waals surface area contributed by atoms with Gasteiger partial charge in [-0.1, -0.05) is 30.3 Å². The van der Waals surface area contributed by atoms with E-state index in [1.807, 2.05) is 6.92 Å². The molecule has 77 heavy (non-hydrogen) atoms. The van der Waals surface area contributed by atoms with Crippen LogP contribution in [-0.4, -0.2) is 26.2 Å². The number of carbonyl (C=O) groups is 2. The molecule has 0 aliphatic heterocycles. The third-order valence-electron chi connectivity index (χ3n) is 26.7. The van der Waals surface area contributed by atoms with Crippen molar-refractivity contribution in [2.75, 3.05) is 14.2 Å². The molecule has 2 unspecified atom stereocenters. The number of hydrogen-bond acceptors (Lipinski definition) is 4. The lowest BCUT2D eigenvalue weighted by molar-refractivity contribution is -0.171. The quantitative estimate of drug-likeness (QED) is 0.0980. The highest BCUT2D eigenvalue weighted by Crippen LogP contribution is 2.85. The van der Waals surface area contributed by atoms with Gasteiger partial charge in [-0.15, -0.1) is 0 Å². The Morgan fingerprint density at radius 3 is 0.818 bits per heavy atom. The summed E-state index contributed by atoms with van der Waals surface area (Å²) in [5.74, 6) is -1.03. The van der Waals surface area contributed by atoms with Gasteiger partial charge < -0.3 is 9.47 Å². The fourth-order valence-electron chi connectivity index (χ4n) is 26.1. The first-order valence-corrected chi connectivity index (χ1v) is 28.0. The van der Waals surface area contributed by atoms with Crippen LogP contribution in [-0.2, 0) is 36.3 Å². The smallest absolute Gasteiger partial charge is 0.324 e. The number of methoxy groups -OCH3 is 2. The van der Waals surface area contributed by atoms with Crippen LogP contribution in [0.3, 0.4) is 0 Å². The van der Waals surface area contributed by atoms with E-state index in [9.17, 15) is 0 Å². The van der Waals surface area contributed by atoms with Crippen molar-refractivity contribution in [3.8, 4) is 0 Å². The summed E-state index contributed by atoms with van der Waals surface area (Å²) >= 11 is 0. The van der Waals surface area contributed by atoms with E-state index in [0.717, 1.165) is 6.42 Å². The van der Waals surface area contributed by atoms with Gasteiger partial charge in [-0.25, -0.2) is 0 Å². The molecule has 2 atom stereocenters. The maximum atomic E-state index is 16.3. The summed E-state index contributed by atoms with van der Waals surface area (Å²) < 4.78 is 12.5. The topological polar surface area (TPSA) is 52.6 Å². The molecule has 0 aromatic heterocycles. The fourth-order valence-corrected chi connectivity index (χ4v) is 26.1. The first-order valence-electron chi connectivity index (χ1n) is 28.0. The molecule has 0 saturated carbocycles. The summed E-state index contributed by atoms with van der Waals surface area (Å²) in [5.41, 5.74) is 5.53. The van der Waals surface area contributed by atoms with Gasteiger partial charge in [-0.2, -0.15) is 0 Å². The lowest BCUT2D eigenvalue weighted by Gasteiger charge is -2.53. The molecule has 0 saturated heterocycles. The zero-order chi connectivity index (χ0) is 47.4. The van der Waals surface area contributed by atoms with Gasteiger partial charge in [0, 0.05) is 0 Å². The molecule has 332 valence electrons.